The van der Waals surface area contributed by atoms with E-state index in [0.717, 1.165) is 19.3 Å². The zero-order valence-corrected chi connectivity index (χ0v) is 12.5. The van der Waals surface area contributed by atoms with Crippen LogP contribution in [0.2, 0.25) is 0 Å². The third-order valence-corrected chi connectivity index (χ3v) is 3.01. The smallest absolute Gasteiger partial charge is 0.315 e. The number of aliphatic hydroxyl groups is 1. The van der Waals surface area contributed by atoms with E-state index in [1.165, 1.54) is 0 Å². The molecule has 0 radical (unpaired) electrons. The van der Waals surface area contributed by atoms with Crippen molar-refractivity contribution in [2.24, 2.45) is 5.41 Å². The molecular weight excluding hydrogens is 228 g/mol. The average Bonchev–Trinajstić information content (AvgIpc) is 2.24. The van der Waals surface area contributed by atoms with Crippen molar-refractivity contribution in [3.8, 4) is 0 Å². The standard InChI is InChI=1S/C14H30N2O2/c1-6-12(8-10-17)16-13(18)15-11(2)7-9-14(3,4)5/h11-12,17H,6-10H2,1-5H3,(H2,15,16,18). The minimum absolute atomic E-state index is 0.0600. The van der Waals surface area contributed by atoms with Gasteiger partial charge in [0, 0.05) is 18.7 Å². The summed E-state index contributed by atoms with van der Waals surface area (Å²) >= 11 is 0. The van der Waals surface area contributed by atoms with Crippen molar-refractivity contribution in [1.29, 1.82) is 0 Å². The number of hydrogen-bond donors (Lipinski definition) is 3. The average molecular weight is 258 g/mol. The van der Waals surface area contributed by atoms with Crippen LogP contribution in [0.15, 0.2) is 0 Å². The van der Waals surface area contributed by atoms with Gasteiger partial charge in [0.05, 0.1) is 0 Å². The fraction of sp³-hybridized carbons (Fsp3) is 0.929. The molecule has 0 fully saturated rings. The maximum atomic E-state index is 11.7. The molecule has 0 aliphatic heterocycles. The van der Waals surface area contributed by atoms with Gasteiger partial charge < -0.3 is 15.7 Å². The predicted octanol–water partition coefficient (Wildman–Crippen LogP) is 2.66. The monoisotopic (exact) mass is 258 g/mol. The lowest BCUT2D eigenvalue weighted by Gasteiger charge is -2.23. The van der Waals surface area contributed by atoms with Crippen LogP contribution in [0.25, 0.3) is 0 Å². The normalized spacial score (nSPS) is 15.0. The van der Waals surface area contributed by atoms with E-state index < -0.39 is 0 Å². The van der Waals surface area contributed by atoms with E-state index in [0.29, 0.717) is 11.8 Å². The molecule has 0 aromatic heterocycles. The fourth-order valence-corrected chi connectivity index (χ4v) is 1.71. The molecule has 0 rings (SSSR count). The van der Waals surface area contributed by atoms with E-state index in [2.05, 4.69) is 31.4 Å². The molecule has 4 heteroatoms. The van der Waals surface area contributed by atoms with Gasteiger partial charge in [-0.2, -0.15) is 0 Å². The van der Waals surface area contributed by atoms with Gasteiger partial charge in [-0.15, -0.1) is 0 Å². The molecule has 2 atom stereocenters. The molecule has 0 heterocycles. The van der Waals surface area contributed by atoms with Gasteiger partial charge in [-0.05, 0) is 38.0 Å². The van der Waals surface area contributed by atoms with Gasteiger partial charge >= 0.3 is 6.03 Å². The third-order valence-electron chi connectivity index (χ3n) is 3.01. The molecule has 0 aliphatic rings. The molecule has 0 spiro atoms. The number of hydrogen-bond acceptors (Lipinski definition) is 2. The highest BCUT2D eigenvalue weighted by atomic mass is 16.3. The van der Waals surface area contributed by atoms with Crippen LogP contribution < -0.4 is 10.6 Å². The molecule has 18 heavy (non-hydrogen) atoms. The lowest BCUT2D eigenvalue weighted by atomic mass is 9.89. The maximum Gasteiger partial charge on any atom is 0.315 e. The Kier molecular flexibility index (Phi) is 8.00. The van der Waals surface area contributed by atoms with Crippen LogP contribution in [0, 0.1) is 5.41 Å². The Morgan fingerprint density at radius 1 is 1.22 bits per heavy atom. The molecule has 2 unspecified atom stereocenters. The summed E-state index contributed by atoms with van der Waals surface area (Å²) in [6.07, 6.45) is 3.51. The number of nitrogens with one attached hydrogen (secondary N) is 2. The van der Waals surface area contributed by atoms with Gasteiger partial charge in [-0.3, -0.25) is 0 Å². The zero-order valence-electron chi connectivity index (χ0n) is 12.5. The summed E-state index contributed by atoms with van der Waals surface area (Å²) in [6, 6.07) is 0.109. The van der Waals surface area contributed by atoms with Crippen molar-refractivity contribution in [1.82, 2.24) is 10.6 Å². The highest BCUT2D eigenvalue weighted by molar-refractivity contribution is 5.74. The van der Waals surface area contributed by atoms with Gasteiger partial charge in [-0.25, -0.2) is 4.79 Å². The molecule has 0 aromatic carbocycles. The number of rotatable bonds is 7. The minimum atomic E-state index is -0.128. The molecule has 4 nitrogen and oxygen atoms in total. The van der Waals surface area contributed by atoms with Crippen molar-refractivity contribution < 1.29 is 9.90 Å². The van der Waals surface area contributed by atoms with Crippen molar-refractivity contribution in [3.05, 3.63) is 0 Å². The molecule has 0 aromatic rings. The highest BCUT2D eigenvalue weighted by Gasteiger charge is 2.15. The molecule has 0 aliphatic carbocycles. The van der Waals surface area contributed by atoms with E-state index in [4.69, 9.17) is 5.11 Å². The number of urea groups is 1. The van der Waals surface area contributed by atoms with E-state index >= 15 is 0 Å². The van der Waals surface area contributed by atoms with Crippen molar-refractivity contribution >= 4 is 6.03 Å². The second kappa shape index (κ2) is 8.35. The topological polar surface area (TPSA) is 61.4 Å². The SMILES string of the molecule is CCC(CCO)NC(=O)NC(C)CCC(C)(C)C. The first-order valence-electron chi connectivity index (χ1n) is 6.96. The quantitative estimate of drug-likeness (QED) is 0.657. The predicted molar refractivity (Wildman–Crippen MR) is 75.6 cm³/mol. The van der Waals surface area contributed by atoms with E-state index in [-0.39, 0.29) is 24.7 Å². The Morgan fingerprint density at radius 3 is 2.28 bits per heavy atom. The van der Waals surface area contributed by atoms with Gasteiger partial charge in [0.25, 0.3) is 0 Å². The first-order valence-corrected chi connectivity index (χ1v) is 6.96. The Bertz CT molecular complexity index is 236. The molecule has 2 amide bonds. The summed E-state index contributed by atoms with van der Waals surface area (Å²) in [6.45, 7) is 10.7. The largest absolute Gasteiger partial charge is 0.396 e. The Balaban J connectivity index is 3.92. The van der Waals surface area contributed by atoms with Crippen molar-refractivity contribution in [3.63, 3.8) is 0 Å². The molecule has 0 bridgehead atoms. The lowest BCUT2D eigenvalue weighted by Crippen LogP contribution is -2.45. The van der Waals surface area contributed by atoms with E-state index in [1.807, 2.05) is 13.8 Å². The van der Waals surface area contributed by atoms with Gasteiger partial charge in [0.2, 0.25) is 0 Å². The fourth-order valence-electron chi connectivity index (χ4n) is 1.71. The van der Waals surface area contributed by atoms with Crippen LogP contribution >= 0.6 is 0 Å². The Morgan fingerprint density at radius 2 is 1.83 bits per heavy atom. The minimum Gasteiger partial charge on any atom is -0.396 e. The summed E-state index contributed by atoms with van der Waals surface area (Å²) in [5.41, 5.74) is 0.301. The van der Waals surface area contributed by atoms with Crippen LogP contribution in [0.4, 0.5) is 4.79 Å². The molecule has 3 N–H and O–H groups in total. The summed E-state index contributed by atoms with van der Waals surface area (Å²) in [7, 11) is 0. The summed E-state index contributed by atoms with van der Waals surface area (Å²) < 4.78 is 0. The second-order valence-electron chi connectivity index (χ2n) is 6.24. The lowest BCUT2D eigenvalue weighted by molar-refractivity contribution is 0.223. The first-order chi connectivity index (χ1) is 8.28. The van der Waals surface area contributed by atoms with Gasteiger partial charge in [0.1, 0.15) is 0 Å². The van der Waals surface area contributed by atoms with Gasteiger partial charge in [-0.1, -0.05) is 27.7 Å². The van der Waals surface area contributed by atoms with Crippen LogP contribution in [0.1, 0.15) is 60.3 Å². The van der Waals surface area contributed by atoms with Crippen LogP contribution in [-0.4, -0.2) is 29.8 Å². The van der Waals surface area contributed by atoms with Crippen LogP contribution in [-0.2, 0) is 0 Å². The number of carbonyl (C=O) groups excluding carboxylic acids is 1. The van der Waals surface area contributed by atoms with Crippen molar-refractivity contribution in [2.75, 3.05) is 6.61 Å². The number of amides is 2. The number of carbonyl (C=O) groups is 1. The Labute approximate surface area is 112 Å². The summed E-state index contributed by atoms with van der Waals surface area (Å²) in [5.74, 6) is 0. The molecule has 0 saturated heterocycles. The maximum absolute atomic E-state index is 11.7. The van der Waals surface area contributed by atoms with E-state index in [1.54, 1.807) is 0 Å². The third kappa shape index (κ3) is 9.28. The second-order valence-corrected chi connectivity index (χ2v) is 6.24. The zero-order chi connectivity index (χ0) is 14.2. The van der Waals surface area contributed by atoms with Crippen molar-refractivity contribution in [2.45, 2.75) is 72.4 Å². The number of aliphatic hydroxyl groups excluding tert-OH is 1. The van der Waals surface area contributed by atoms with Crippen LogP contribution in [0.5, 0.6) is 0 Å². The Hall–Kier alpha value is -0.770. The molecule has 0 saturated carbocycles. The van der Waals surface area contributed by atoms with Crippen LogP contribution in [0.3, 0.4) is 0 Å². The molecule has 108 valence electrons. The molecular formula is C14H30N2O2. The van der Waals surface area contributed by atoms with Gasteiger partial charge in [0.15, 0.2) is 0 Å². The first kappa shape index (κ1) is 17.2. The van der Waals surface area contributed by atoms with E-state index in [9.17, 15) is 4.79 Å². The highest BCUT2D eigenvalue weighted by Crippen LogP contribution is 2.21. The summed E-state index contributed by atoms with van der Waals surface area (Å²) in [5, 5.41) is 14.7. The summed E-state index contributed by atoms with van der Waals surface area (Å²) in [4.78, 5) is 11.7.